The van der Waals surface area contributed by atoms with Crippen molar-refractivity contribution in [2.24, 2.45) is 17.8 Å². The van der Waals surface area contributed by atoms with Gasteiger partial charge in [0.25, 0.3) is 16.7 Å². The molecule has 2 aliphatic carbocycles. The first kappa shape index (κ1) is 49.1. The maximum atomic E-state index is 12.7. The summed E-state index contributed by atoms with van der Waals surface area (Å²) in [7, 11) is 0. The lowest BCUT2D eigenvalue weighted by Crippen LogP contribution is -2.24. The van der Waals surface area contributed by atoms with E-state index in [2.05, 4.69) is 54.1 Å². The predicted octanol–water partition coefficient (Wildman–Crippen LogP) is 9.41. The van der Waals surface area contributed by atoms with Gasteiger partial charge in [-0.2, -0.15) is 41.6 Å². The second kappa shape index (κ2) is 20.9. The van der Waals surface area contributed by atoms with Gasteiger partial charge in [0.15, 0.2) is 16.9 Å². The van der Waals surface area contributed by atoms with Crippen LogP contribution in [0.15, 0.2) is 33.0 Å². The zero-order valence-corrected chi connectivity index (χ0v) is 37.8. The lowest BCUT2D eigenvalue weighted by atomic mass is 10.0. The minimum atomic E-state index is -4.32. The first-order chi connectivity index (χ1) is 30.9. The van der Waals surface area contributed by atoms with Crippen LogP contribution in [0.2, 0.25) is 0 Å². The summed E-state index contributed by atoms with van der Waals surface area (Å²) in [6.07, 6.45) is 8.90. The van der Waals surface area contributed by atoms with Crippen molar-refractivity contribution >= 4 is 33.1 Å². The summed E-state index contributed by atoms with van der Waals surface area (Å²) in [4.78, 5) is 57.3. The van der Waals surface area contributed by atoms with Gasteiger partial charge in [0.2, 0.25) is 0 Å². The van der Waals surface area contributed by atoms with E-state index >= 15 is 0 Å². The molecule has 8 rings (SSSR count). The second-order valence-corrected chi connectivity index (χ2v) is 17.5. The zero-order valence-electron chi connectivity index (χ0n) is 37.8. The Hall–Kier alpha value is -5.37. The van der Waals surface area contributed by atoms with Gasteiger partial charge >= 0.3 is 12.4 Å². The number of halogens is 6. The van der Waals surface area contributed by atoms with Gasteiger partial charge < -0.3 is 15.0 Å². The van der Waals surface area contributed by atoms with Crippen molar-refractivity contribution in [2.45, 2.75) is 168 Å². The Morgan fingerprint density at radius 2 is 0.938 bits per heavy atom. The van der Waals surface area contributed by atoms with Crippen LogP contribution in [0.1, 0.15) is 154 Å². The lowest BCUT2D eigenvalue weighted by molar-refractivity contribution is -0.170. The third kappa shape index (κ3) is 11.5. The standard InChI is InChI=1S/C16H24N4O.C14H17F3N4O.C14H19F3N4O/c1-3-12(4-2)20-15-13(10-17-20)16(21)19-14(18-15)9-11-7-5-6-8-11;1-8(14(15,16)17)6-11-19-12-10(13(22)20-11)7-18-21(12)9-4-2-3-5-9;1-4-9(5-2)21-12-10(7-18-21)13(22)20-11(19-12)6-8(3)14(15,16)17/h10-12H,3-9H2,1-2H3,(H,18,19,21);7-9H,2-6H2,1H3,(H,19,20,22);7-9H,4-6H2,1-3H3,(H,19,20,22). The third-order valence-electron chi connectivity index (χ3n) is 12.9. The molecule has 3 N–H and O–H groups in total. The van der Waals surface area contributed by atoms with Gasteiger partial charge in [-0.25, -0.2) is 29.0 Å². The number of fused-ring (bicyclic) bond motifs is 3. The maximum absolute atomic E-state index is 12.7. The van der Waals surface area contributed by atoms with Crippen molar-refractivity contribution in [2.75, 3.05) is 0 Å². The SMILES string of the molecule is CC(Cc1nc2c(cnn2C2CCCC2)c(=O)[nH]1)C(F)(F)F.CCC(CC)n1ncc2c(=O)[nH]c(CC(C)C(F)(F)F)nc21.CCC(CC)n1ncc2c(=O)[nH]c(CC3CCCC3)nc21. The van der Waals surface area contributed by atoms with Crippen LogP contribution in [0.3, 0.4) is 0 Å². The maximum Gasteiger partial charge on any atom is 0.391 e. The van der Waals surface area contributed by atoms with Crippen LogP contribution in [0.5, 0.6) is 0 Å². The molecule has 2 atom stereocenters. The fourth-order valence-corrected chi connectivity index (χ4v) is 8.75. The van der Waals surface area contributed by atoms with Gasteiger partial charge in [-0.1, -0.05) is 80.1 Å². The molecule has 0 aliphatic heterocycles. The first-order valence-electron chi connectivity index (χ1n) is 22.9. The van der Waals surface area contributed by atoms with E-state index in [1.54, 1.807) is 15.6 Å². The van der Waals surface area contributed by atoms with E-state index < -0.39 is 35.3 Å². The number of hydrogen-bond donors (Lipinski definition) is 3. The molecular weight excluding hydrogens is 859 g/mol. The van der Waals surface area contributed by atoms with Crippen molar-refractivity contribution in [3.63, 3.8) is 0 Å². The molecule has 65 heavy (non-hydrogen) atoms. The second-order valence-electron chi connectivity index (χ2n) is 17.5. The van der Waals surface area contributed by atoms with Crippen molar-refractivity contribution in [3.8, 4) is 0 Å². The summed E-state index contributed by atoms with van der Waals surface area (Å²) in [6, 6.07) is 0.565. The zero-order chi connectivity index (χ0) is 47.2. The van der Waals surface area contributed by atoms with Crippen molar-refractivity contribution in [1.29, 1.82) is 0 Å². The molecule has 21 heteroatoms. The molecule has 2 aliphatic rings. The van der Waals surface area contributed by atoms with Crippen LogP contribution in [0.4, 0.5) is 26.3 Å². The van der Waals surface area contributed by atoms with E-state index in [4.69, 9.17) is 4.98 Å². The highest BCUT2D eigenvalue weighted by molar-refractivity contribution is 5.74. The predicted molar refractivity (Wildman–Crippen MR) is 235 cm³/mol. The van der Waals surface area contributed by atoms with Gasteiger partial charge in [-0.15, -0.1) is 0 Å². The highest BCUT2D eigenvalue weighted by atomic mass is 19.4. The Labute approximate surface area is 371 Å². The van der Waals surface area contributed by atoms with Crippen LogP contribution < -0.4 is 16.7 Å². The van der Waals surface area contributed by atoms with Crippen molar-refractivity contribution in [3.05, 3.63) is 67.1 Å². The van der Waals surface area contributed by atoms with Gasteiger partial charge in [-0.05, 0) is 44.4 Å². The van der Waals surface area contributed by atoms with Crippen LogP contribution in [-0.4, -0.2) is 71.6 Å². The minimum absolute atomic E-state index is 0.0371. The van der Waals surface area contributed by atoms with E-state index in [-0.39, 0.29) is 42.1 Å². The molecule has 2 saturated carbocycles. The summed E-state index contributed by atoms with van der Waals surface area (Å²) < 4.78 is 81.3. The molecule has 2 unspecified atom stereocenters. The van der Waals surface area contributed by atoms with Crippen molar-refractivity contribution in [1.82, 2.24) is 59.2 Å². The van der Waals surface area contributed by atoms with Gasteiger partial charge in [-0.3, -0.25) is 14.4 Å². The normalized spacial score (nSPS) is 16.2. The highest BCUT2D eigenvalue weighted by Crippen LogP contribution is 2.32. The molecule has 6 aromatic heterocycles. The summed E-state index contributed by atoms with van der Waals surface area (Å²) in [5.41, 5.74) is 0.553. The van der Waals surface area contributed by atoms with Crippen LogP contribution in [0.25, 0.3) is 33.1 Å². The van der Waals surface area contributed by atoms with Crippen LogP contribution in [0, 0.1) is 17.8 Å². The quantitative estimate of drug-likeness (QED) is 0.0948. The Bertz CT molecular complexity index is 2560. The molecule has 15 nitrogen and oxygen atoms in total. The average Bonchev–Trinajstić information content (AvgIpc) is 4.11. The molecule has 6 aromatic rings. The van der Waals surface area contributed by atoms with E-state index in [0.717, 1.165) is 83.1 Å². The summed E-state index contributed by atoms with van der Waals surface area (Å²) in [6.45, 7) is 10.4. The third-order valence-corrected chi connectivity index (χ3v) is 12.9. The van der Waals surface area contributed by atoms with Crippen LogP contribution >= 0.6 is 0 Å². The topological polar surface area (TPSA) is 191 Å². The summed E-state index contributed by atoms with van der Waals surface area (Å²) in [5.74, 6) is -1.53. The Kier molecular flexibility index (Phi) is 15.7. The van der Waals surface area contributed by atoms with E-state index in [1.807, 2.05) is 18.5 Å². The Morgan fingerprint density at radius 3 is 1.37 bits per heavy atom. The van der Waals surface area contributed by atoms with Gasteiger partial charge in [0.05, 0.1) is 48.6 Å². The number of alkyl halides is 6. The Morgan fingerprint density at radius 1 is 0.569 bits per heavy atom. The van der Waals surface area contributed by atoms with Crippen molar-refractivity contribution < 1.29 is 26.3 Å². The number of H-pyrrole nitrogens is 3. The molecular formula is C44H60F6N12O3. The fourth-order valence-electron chi connectivity index (χ4n) is 8.75. The number of rotatable bonds is 13. The molecule has 0 aromatic carbocycles. The lowest BCUT2D eigenvalue weighted by Gasteiger charge is -2.16. The molecule has 2 fully saturated rings. The molecule has 0 radical (unpaired) electrons. The van der Waals surface area contributed by atoms with Gasteiger partial charge in [0.1, 0.15) is 33.6 Å². The Balaban J connectivity index is 0.000000162. The molecule has 0 saturated heterocycles. The molecule has 0 amide bonds. The summed E-state index contributed by atoms with van der Waals surface area (Å²) >= 11 is 0. The monoisotopic (exact) mass is 918 g/mol. The molecule has 356 valence electrons. The van der Waals surface area contributed by atoms with Crippen LogP contribution in [-0.2, 0) is 19.3 Å². The molecule has 0 spiro atoms. The van der Waals surface area contributed by atoms with Gasteiger partial charge in [0, 0.05) is 19.3 Å². The fraction of sp³-hybridized carbons (Fsp3) is 0.659. The largest absolute Gasteiger partial charge is 0.391 e. The van der Waals surface area contributed by atoms with E-state index in [9.17, 15) is 40.7 Å². The number of aromatic amines is 3. The first-order valence-corrected chi connectivity index (χ1v) is 22.9. The number of nitrogens with one attached hydrogen (secondary N) is 3. The summed E-state index contributed by atoms with van der Waals surface area (Å²) in [5, 5.41) is 14.0. The van der Waals surface area contributed by atoms with E-state index in [1.165, 1.54) is 38.1 Å². The highest BCUT2D eigenvalue weighted by Gasteiger charge is 2.37. The number of nitrogens with zero attached hydrogens (tertiary/aromatic N) is 9. The number of hydrogen-bond acceptors (Lipinski definition) is 9. The average molecular weight is 919 g/mol. The minimum Gasteiger partial charge on any atom is -0.310 e. The molecule has 6 heterocycles. The number of aromatic nitrogens is 12. The molecule has 0 bridgehead atoms. The van der Waals surface area contributed by atoms with E-state index in [0.29, 0.717) is 39.4 Å². The smallest absolute Gasteiger partial charge is 0.310 e.